The number of para-hydroxylation sites is 1. The van der Waals surface area contributed by atoms with Crippen molar-refractivity contribution < 1.29 is 19.1 Å². The molecule has 158 valence electrons. The maximum Gasteiger partial charge on any atom is 0.275 e. The summed E-state index contributed by atoms with van der Waals surface area (Å²) in [6.07, 6.45) is 1.53. The van der Waals surface area contributed by atoms with Gasteiger partial charge in [-0.1, -0.05) is 30.3 Å². The van der Waals surface area contributed by atoms with E-state index < -0.39 is 5.91 Å². The summed E-state index contributed by atoms with van der Waals surface area (Å²) in [5.41, 5.74) is 4.12. The molecule has 0 heterocycles. The van der Waals surface area contributed by atoms with Crippen LogP contribution in [0.3, 0.4) is 0 Å². The summed E-state index contributed by atoms with van der Waals surface area (Å²) < 4.78 is 11.3. The number of nitrogens with zero attached hydrogens (tertiary/aromatic N) is 1. The van der Waals surface area contributed by atoms with E-state index in [4.69, 9.17) is 9.47 Å². The van der Waals surface area contributed by atoms with Gasteiger partial charge in [-0.15, -0.1) is 0 Å². The van der Waals surface area contributed by atoms with Crippen molar-refractivity contribution >= 4 is 23.7 Å². The van der Waals surface area contributed by atoms with Gasteiger partial charge in [0.1, 0.15) is 17.2 Å². The summed E-state index contributed by atoms with van der Waals surface area (Å²) in [5.74, 6) is 1.12. The van der Waals surface area contributed by atoms with Crippen molar-refractivity contribution in [3.05, 3.63) is 83.9 Å². The second-order valence-electron chi connectivity index (χ2n) is 6.51. The van der Waals surface area contributed by atoms with Gasteiger partial charge in [-0.2, -0.15) is 5.10 Å². The quantitative estimate of drug-likeness (QED) is 0.414. The monoisotopic (exact) mass is 417 g/mol. The fourth-order valence-corrected chi connectivity index (χ4v) is 2.77. The zero-order valence-corrected chi connectivity index (χ0v) is 17.3. The summed E-state index contributed by atoms with van der Waals surface area (Å²) in [7, 11) is 0. The average Bonchev–Trinajstić information content (AvgIpc) is 2.75. The maximum absolute atomic E-state index is 12.6. The van der Waals surface area contributed by atoms with Crippen LogP contribution in [0.5, 0.6) is 17.2 Å². The van der Waals surface area contributed by atoms with Crippen LogP contribution in [0, 0.1) is 0 Å². The summed E-state index contributed by atoms with van der Waals surface area (Å²) in [6.45, 7) is 3.60. The second-order valence-corrected chi connectivity index (χ2v) is 6.51. The average molecular weight is 417 g/mol. The van der Waals surface area contributed by atoms with Gasteiger partial charge in [-0.3, -0.25) is 9.59 Å². The van der Waals surface area contributed by atoms with Gasteiger partial charge in [0, 0.05) is 18.7 Å². The molecular formula is C24H23N3O4. The molecule has 0 atom stereocenters. The SMILES string of the molecule is CCOc1cc(NC(C)=O)ccc1C(=O)N/N=C/c1cccc(Oc2ccccc2)c1. The highest BCUT2D eigenvalue weighted by Gasteiger charge is 2.13. The molecule has 7 heteroatoms. The highest BCUT2D eigenvalue weighted by molar-refractivity contribution is 5.98. The van der Waals surface area contributed by atoms with Crippen LogP contribution in [-0.2, 0) is 4.79 Å². The van der Waals surface area contributed by atoms with Crippen molar-refractivity contribution in [2.75, 3.05) is 11.9 Å². The molecule has 2 N–H and O–H groups in total. The number of hydrogen-bond donors (Lipinski definition) is 2. The van der Waals surface area contributed by atoms with Crippen molar-refractivity contribution in [1.29, 1.82) is 0 Å². The Morgan fingerprint density at radius 2 is 1.74 bits per heavy atom. The number of carbonyl (C=O) groups excluding carboxylic acids is 2. The number of ether oxygens (including phenoxy) is 2. The summed E-state index contributed by atoms with van der Waals surface area (Å²) >= 11 is 0. The summed E-state index contributed by atoms with van der Waals surface area (Å²) in [6, 6.07) is 21.6. The van der Waals surface area contributed by atoms with Crippen molar-refractivity contribution in [3.8, 4) is 17.2 Å². The van der Waals surface area contributed by atoms with E-state index in [2.05, 4.69) is 15.8 Å². The topological polar surface area (TPSA) is 89.0 Å². The lowest BCUT2D eigenvalue weighted by molar-refractivity contribution is -0.114. The normalized spacial score (nSPS) is 10.5. The van der Waals surface area contributed by atoms with Crippen LogP contribution in [0.15, 0.2) is 77.9 Å². The van der Waals surface area contributed by atoms with E-state index in [1.54, 1.807) is 18.2 Å². The number of nitrogens with one attached hydrogen (secondary N) is 2. The van der Waals surface area contributed by atoms with E-state index in [-0.39, 0.29) is 5.91 Å². The Morgan fingerprint density at radius 1 is 0.968 bits per heavy atom. The highest BCUT2D eigenvalue weighted by atomic mass is 16.5. The number of carbonyl (C=O) groups is 2. The van der Waals surface area contributed by atoms with Crippen molar-refractivity contribution in [2.45, 2.75) is 13.8 Å². The lowest BCUT2D eigenvalue weighted by Gasteiger charge is -2.11. The summed E-state index contributed by atoms with van der Waals surface area (Å²) in [4.78, 5) is 23.8. The molecule has 0 fully saturated rings. The summed E-state index contributed by atoms with van der Waals surface area (Å²) in [5, 5.41) is 6.70. The lowest BCUT2D eigenvalue weighted by Crippen LogP contribution is -2.19. The van der Waals surface area contributed by atoms with Crippen LogP contribution in [0.4, 0.5) is 5.69 Å². The first-order valence-corrected chi connectivity index (χ1v) is 9.76. The van der Waals surface area contributed by atoms with Gasteiger partial charge in [-0.25, -0.2) is 5.43 Å². The molecule has 0 aromatic heterocycles. The Bertz CT molecular complexity index is 1080. The van der Waals surface area contributed by atoms with Gasteiger partial charge in [-0.05, 0) is 48.9 Å². The fourth-order valence-electron chi connectivity index (χ4n) is 2.77. The smallest absolute Gasteiger partial charge is 0.275 e. The Labute approximate surface area is 180 Å². The van der Waals surface area contributed by atoms with Crippen LogP contribution in [0.1, 0.15) is 29.8 Å². The minimum absolute atomic E-state index is 0.206. The lowest BCUT2D eigenvalue weighted by atomic mass is 10.1. The highest BCUT2D eigenvalue weighted by Crippen LogP contribution is 2.24. The molecule has 0 aliphatic rings. The third-order valence-corrected chi connectivity index (χ3v) is 4.06. The standard InChI is InChI=1S/C24H23N3O4/c1-3-30-23-15-19(26-17(2)28)12-13-22(23)24(29)27-25-16-18-8-7-11-21(14-18)31-20-9-5-4-6-10-20/h4-16H,3H2,1-2H3,(H,26,28)(H,27,29)/b25-16+. The Balaban J connectivity index is 1.67. The molecule has 0 aliphatic heterocycles. The molecule has 0 saturated carbocycles. The predicted octanol–water partition coefficient (Wildman–Crippen LogP) is 4.60. The van der Waals surface area contributed by atoms with Crippen LogP contribution in [0.2, 0.25) is 0 Å². The predicted molar refractivity (Wildman–Crippen MR) is 120 cm³/mol. The zero-order chi connectivity index (χ0) is 22.1. The Hall–Kier alpha value is -4.13. The molecule has 3 rings (SSSR count). The number of hydrogen-bond acceptors (Lipinski definition) is 5. The fraction of sp³-hybridized carbons (Fsp3) is 0.125. The minimum atomic E-state index is -0.425. The van der Waals surface area contributed by atoms with Crippen LogP contribution in [0.25, 0.3) is 0 Å². The van der Waals surface area contributed by atoms with Gasteiger partial charge in [0.2, 0.25) is 5.91 Å². The van der Waals surface area contributed by atoms with E-state index in [1.807, 2.05) is 61.5 Å². The van der Waals surface area contributed by atoms with Crippen LogP contribution >= 0.6 is 0 Å². The van der Waals surface area contributed by atoms with E-state index in [0.29, 0.717) is 29.4 Å². The first-order valence-electron chi connectivity index (χ1n) is 9.76. The number of hydrazone groups is 1. The molecule has 7 nitrogen and oxygen atoms in total. The first-order chi connectivity index (χ1) is 15.0. The molecule has 3 aromatic rings. The van der Waals surface area contributed by atoms with Crippen LogP contribution in [-0.4, -0.2) is 24.6 Å². The number of amides is 2. The molecule has 2 amide bonds. The van der Waals surface area contributed by atoms with E-state index in [1.165, 1.54) is 13.1 Å². The molecule has 0 aliphatic carbocycles. The maximum atomic E-state index is 12.6. The number of benzene rings is 3. The molecular weight excluding hydrogens is 394 g/mol. The van der Waals surface area contributed by atoms with Crippen molar-refractivity contribution in [2.24, 2.45) is 5.10 Å². The van der Waals surface area contributed by atoms with Gasteiger partial charge < -0.3 is 14.8 Å². The second kappa shape index (κ2) is 10.6. The molecule has 31 heavy (non-hydrogen) atoms. The molecule has 0 radical (unpaired) electrons. The van der Waals surface area contributed by atoms with Crippen LogP contribution < -0.4 is 20.2 Å². The van der Waals surface area contributed by atoms with Crippen molar-refractivity contribution in [3.63, 3.8) is 0 Å². The Morgan fingerprint density at radius 3 is 2.48 bits per heavy atom. The van der Waals surface area contributed by atoms with E-state index in [0.717, 1.165) is 11.3 Å². The molecule has 0 saturated heterocycles. The Kier molecular flexibility index (Phi) is 7.37. The third-order valence-electron chi connectivity index (χ3n) is 4.06. The van der Waals surface area contributed by atoms with Gasteiger partial charge in [0.05, 0.1) is 18.4 Å². The van der Waals surface area contributed by atoms with Gasteiger partial charge in [0.25, 0.3) is 5.91 Å². The van der Waals surface area contributed by atoms with Gasteiger partial charge in [0.15, 0.2) is 0 Å². The largest absolute Gasteiger partial charge is 0.493 e. The minimum Gasteiger partial charge on any atom is -0.493 e. The number of anilines is 1. The molecule has 3 aromatic carbocycles. The molecule has 0 spiro atoms. The zero-order valence-electron chi connectivity index (χ0n) is 17.3. The van der Waals surface area contributed by atoms with Crippen molar-refractivity contribution in [1.82, 2.24) is 5.43 Å². The third kappa shape index (κ3) is 6.43. The molecule has 0 bridgehead atoms. The molecule has 0 unspecified atom stereocenters. The van der Waals surface area contributed by atoms with Gasteiger partial charge >= 0.3 is 0 Å². The van der Waals surface area contributed by atoms with E-state index >= 15 is 0 Å². The first kappa shape index (κ1) is 21.6. The number of rotatable bonds is 8. The van der Waals surface area contributed by atoms with E-state index in [9.17, 15) is 9.59 Å².